The average molecular weight is 705 g/mol. The zero-order valence-electron chi connectivity index (χ0n) is 29.5. The van der Waals surface area contributed by atoms with Crippen LogP contribution in [0.4, 0.5) is 0 Å². The number of carbonyl (C=O) groups excluding carboxylic acids is 3. The number of aromatic nitrogens is 3. The van der Waals surface area contributed by atoms with E-state index in [1.54, 1.807) is 24.5 Å². The van der Waals surface area contributed by atoms with Crippen LogP contribution < -0.4 is 16.0 Å². The highest BCUT2D eigenvalue weighted by atomic mass is 16.5. The van der Waals surface area contributed by atoms with Gasteiger partial charge in [0.05, 0.1) is 31.5 Å². The second-order valence-corrected chi connectivity index (χ2v) is 13.6. The Kier molecular flexibility index (Phi) is 13.0. The van der Waals surface area contributed by atoms with Crippen molar-refractivity contribution >= 4 is 17.7 Å². The van der Waals surface area contributed by atoms with Crippen LogP contribution in [-0.2, 0) is 40.6 Å². The maximum Gasteiger partial charge on any atom is 0.273 e. The molecular weight excluding hydrogens is 656 g/mol. The average Bonchev–Trinajstić information content (AvgIpc) is 3.61. The second-order valence-electron chi connectivity index (χ2n) is 13.6. The molecule has 4 aromatic rings. The third kappa shape index (κ3) is 10.2. The lowest BCUT2D eigenvalue weighted by Crippen LogP contribution is -2.47. The molecule has 272 valence electrons. The van der Waals surface area contributed by atoms with Crippen LogP contribution in [0.2, 0.25) is 0 Å². The fourth-order valence-corrected chi connectivity index (χ4v) is 7.01. The molecule has 4 atom stereocenters. The molecule has 2 aliphatic carbocycles. The van der Waals surface area contributed by atoms with Crippen LogP contribution in [0.15, 0.2) is 104 Å². The van der Waals surface area contributed by atoms with Crippen LogP contribution in [0.5, 0.6) is 0 Å². The Morgan fingerprint density at radius 2 is 1.37 bits per heavy atom. The fraction of sp³-hybridized carbons (Fsp3) is 0.390. The fourth-order valence-electron chi connectivity index (χ4n) is 7.01. The summed E-state index contributed by atoms with van der Waals surface area (Å²) in [6.45, 7) is 5.19. The van der Waals surface area contributed by atoms with E-state index in [1.807, 2.05) is 60.7 Å². The molecule has 52 heavy (non-hydrogen) atoms. The summed E-state index contributed by atoms with van der Waals surface area (Å²) in [7, 11) is 0. The largest absolute Gasteiger partial charge is 0.373 e. The van der Waals surface area contributed by atoms with Gasteiger partial charge in [-0.15, -0.1) is 0 Å². The molecule has 0 unspecified atom stereocenters. The third-order valence-corrected chi connectivity index (χ3v) is 9.83. The lowest BCUT2D eigenvalue weighted by atomic mass is 9.84. The van der Waals surface area contributed by atoms with E-state index in [0.717, 1.165) is 68.1 Å². The van der Waals surface area contributed by atoms with Crippen molar-refractivity contribution in [2.24, 2.45) is 5.92 Å². The van der Waals surface area contributed by atoms with Gasteiger partial charge in [0.15, 0.2) is 5.69 Å². The molecule has 0 radical (unpaired) electrons. The van der Waals surface area contributed by atoms with Gasteiger partial charge in [0.1, 0.15) is 12.2 Å². The number of rotatable bonds is 15. The van der Waals surface area contributed by atoms with Gasteiger partial charge in [-0.1, -0.05) is 92.9 Å². The molecule has 2 fully saturated rings. The van der Waals surface area contributed by atoms with E-state index in [-0.39, 0.29) is 54.6 Å². The molecule has 0 aliphatic heterocycles. The number of pyridine rings is 1. The number of nitrogens with zero attached hydrogens (tertiary/aromatic N) is 3. The molecule has 0 saturated heterocycles. The van der Waals surface area contributed by atoms with Gasteiger partial charge in [0.2, 0.25) is 5.91 Å². The lowest BCUT2D eigenvalue weighted by molar-refractivity contribution is -0.124. The van der Waals surface area contributed by atoms with Crippen molar-refractivity contribution < 1.29 is 23.9 Å². The predicted octanol–water partition coefficient (Wildman–Crippen LogP) is 5.87. The summed E-state index contributed by atoms with van der Waals surface area (Å²) in [5.41, 5.74) is 3.68. The number of amides is 3. The maximum absolute atomic E-state index is 13.9. The number of hydrogen-bond donors (Lipinski definition) is 3. The highest BCUT2D eigenvalue weighted by Crippen LogP contribution is 2.31. The van der Waals surface area contributed by atoms with Gasteiger partial charge in [-0.3, -0.25) is 19.4 Å². The highest BCUT2D eigenvalue weighted by molar-refractivity contribution is 5.98. The predicted molar refractivity (Wildman–Crippen MR) is 197 cm³/mol. The van der Waals surface area contributed by atoms with Crippen molar-refractivity contribution in [1.82, 2.24) is 30.7 Å². The molecule has 2 aromatic heterocycles. The van der Waals surface area contributed by atoms with E-state index in [0.29, 0.717) is 18.9 Å². The summed E-state index contributed by atoms with van der Waals surface area (Å²) in [5, 5.41) is 13.4. The quantitative estimate of drug-likeness (QED) is 0.141. The second kappa shape index (κ2) is 18.4. The number of nitrogens with one attached hydrogen (secondary N) is 3. The van der Waals surface area contributed by atoms with E-state index in [2.05, 4.69) is 32.6 Å². The van der Waals surface area contributed by atoms with Crippen LogP contribution in [0, 0.1) is 5.92 Å². The van der Waals surface area contributed by atoms with Crippen LogP contribution in [0.25, 0.3) is 0 Å². The number of benzene rings is 2. The number of hydrogen-bond acceptors (Lipinski definition) is 7. The highest BCUT2D eigenvalue weighted by Gasteiger charge is 2.31. The first-order valence-electron chi connectivity index (χ1n) is 18.3. The topological polar surface area (TPSA) is 136 Å². The molecule has 11 heteroatoms. The Balaban J connectivity index is 1.14. The molecule has 0 spiro atoms. The van der Waals surface area contributed by atoms with Gasteiger partial charge in [-0.25, -0.2) is 4.68 Å². The molecule has 2 aliphatic rings. The van der Waals surface area contributed by atoms with Crippen LogP contribution in [0.1, 0.15) is 89.0 Å². The third-order valence-electron chi connectivity index (χ3n) is 9.83. The Morgan fingerprint density at radius 3 is 2.06 bits per heavy atom. The van der Waals surface area contributed by atoms with E-state index in [1.165, 1.54) is 10.7 Å². The first kappa shape index (κ1) is 36.7. The van der Waals surface area contributed by atoms with Crippen LogP contribution >= 0.6 is 0 Å². The van der Waals surface area contributed by atoms with Crippen molar-refractivity contribution in [2.75, 3.05) is 0 Å². The summed E-state index contributed by atoms with van der Waals surface area (Å²) < 4.78 is 13.9. The van der Waals surface area contributed by atoms with E-state index in [4.69, 9.17) is 9.47 Å². The van der Waals surface area contributed by atoms with Gasteiger partial charge >= 0.3 is 0 Å². The minimum absolute atomic E-state index is 0.0288. The molecular formula is C41H48N6O5. The van der Waals surface area contributed by atoms with Gasteiger partial charge in [-0.05, 0) is 54.5 Å². The summed E-state index contributed by atoms with van der Waals surface area (Å²) >= 11 is 0. The summed E-state index contributed by atoms with van der Waals surface area (Å²) in [4.78, 5) is 44.7. The molecule has 2 heterocycles. The van der Waals surface area contributed by atoms with Gasteiger partial charge in [0, 0.05) is 36.6 Å². The number of carbonyl (C=O) groups is 3. The molecule has 2 aromatic carbocycles. The zero-order chi connectivity index (χ0) is 36.1. The molecule has 11 nitrogen and oxygen atoms in total. The van der Waals surface area contributed by atoms with Crippen molar-refractivity contribution in [3.63, 3.8) is 0 Å². The van der Waals surface area contributed by atoms with E-state index in [9.17, 15) is 14.4 Å². The smallest absolute Gasteiger partial charge is 0.273 e. The monoisotopic (exact) mass is 704 g/mol. The van der Waals surface area contributed by atoms with Crippen molar-refractivity contribution in [2.45, 2.75) is 95.9 Å². The van der Waals surface area contributed by atoms with Gasteiger partial charge < -0.3 is 25.4 Å². The van der Waals surface area contributed by atoms with Crippen LogP contribution in [0.3, 0.4) is 0 Å². The number of ether oxygens (including phenoxy) is 2. The Bertz CT molecular complexity index is 1780. The Hall–Kier alpha value is -5.13. The molecule has 3 amide bonds. The van der Waals surface area contributed by atoms with Gasteiger partial charge in [0.25, 0.3) is 11.8 Å². The minimum Gasteiger partial charge on any atom is -0.373 e. The first-order chi connectivity index (χ1) is 25.4. The van der Waals surface area contributed by atoms with E-state index >= 15 is 0 Å². The van der Waals surface area contributed by atoms with Crippen LogP contribution in [-0.4, -0.2) is 50.7 Å². The molecule has 2 saturated carbocycles. The maximum atomic E-state index is 13.9. The SMILES string of the molecule is C=C(NC(=O)c1cc(C(=O)NCc2ccncc2)nn1CC(=O)N[C@H]1CCCC[C@@H]1OCc1ccccc1)[C@H]1CCCC[C@@H]1OCc1ccccc1. The first-order valence-corrected chi connectivity index (χ1v) is 18.3. The van der Waals surface area contributed by atoms with Crippen molar-refractivity contribution in [1.29, 1.82) is 0 Å². The minimum atomic E-state index is -0.493. The lowest BCUT2D eigenvalue weighted by Gasteiger charge is -2.33. The van der Waals surface area contributed by atoms with Crippen molar-refractivity contribution in [3.05, 3.63) is 132 Å². The molecule has 3 N–H and O–H groups in total. The standard InChI is InChI=1S/C41H48N6O5/c1-29(33-16-8-10-18-37(33)51-27-31-12-4-2-5-13-31)44-41(50)36-24-35(40(49)43-25-30-20-22-42-23-21-30)46-47(36)26-39(48)45-34-17-9-11-19-38(34)52-28-32-14-6-3-7-15-32/h2-7,12-15,20-24,33-34,37-38H,1,8-11,16-19,25-28H2,(H,43,49)(H,44,50)(H,45,48)/t33-,34+,37+,38+/m1/s1. The molecule has 6 rings (SSSR count). The van der Waals surface area contributed by atoms with E-state index < -0.39 is 11.8 Å². The Labute approximate surface area is 305 Å². The zero-order valence-corrected chi connectivity index (χ0v) is 29.5. The summed E-state index contributed by atoms with van der Waals surface area (Å²) in [6, 6.07) is 24.8. The Morgan fingerprint density at radius 1 is 0.750 bits per heavy atom. The van der Waals surface area contributed by atoms with Crippen molar-refractivity contribution in [3.8, 4) is 0 Å². The molecule has 0 bridgehead atoms. The van der Waals surface area contributed by atoms with Gasteiger partial charge in [-0.2, -0.15) is 5.10 Å². The summed E-state index contributed by atoms with van der Waals surface area (Å²) in [5.74, 6) is -1.36. The normalized spacial score (nSPS) is 20.1. The summed E-state index contributed by atoms with van der Waals surface area (Å²) in [6.07, 6.45) is 10.4.